The lowest BCUT2D eigenvalue weighted by Crippen LogP contribution is -2.29. The molecular weight excluding hydrogens is 716 g/mol. The first-order chi connectivity index (χ1) is 24.0. The van der Waals surface area contributed by atoms with Crippen LogP contribution in [0.2, 0.25) is 5.02 Å². The van der Waals surface area contributed by atoms with E-state index in [-0.39, 0.29) is 21.7 Å². The highest BCUT2D eigenvalue weighted by atomic mass is 35.5. The fourth-order valence-electron chi connectivity index (χ4n) is 5.64. The number of alkyl halides is 3. The Kier molecular flexibility index (Phi) is 11.0. The maximum absolute atomic E-state index is 15.3. The summed E-state index contributed by atoms with van der Waals surface area (Å²) in [6.45, 7) is 3.37. The van der Waals surface area contributed by atoms with E-state index >= 15 is 4.39 Å². The number of halogens is 5. The second-order valence-corrected chi connectivity index (χ2v) is 14.5. The third kappa shape index (κ3) is 8.76. The Bertz CT molecular complexity index is 2060. The first kappa shape index (κ1) is 35.7. The second kappa shape index (κ2) is 15.4. The first-order valence-corrected chi connectivity index (χ1v) is 18.3. The van der Waals surface area contributed by atoms with Crippen molar-refractivity contribution in [3.63, 3.8) is 0 Å². The summed E-state index contributed by atoms with van der Waals surface area (Å²) in [7, 11) is -4.40. The van der Waals surface area contributed by atoms with Crippen LogP contribution in [0.15, 0.2) is 83.3 Å². The summed E-state index contributed by atoms with van der Waals surface area (Å²) >= 11 is 7.35. The molecule has 3 N–H and O–H groups in total. The van der Waals surface area contributed by atoms with Crippen molar-refractivity contribution in [1.82, 2.24) is 25.8 Å². The predicted octanol–water partition coefficient (Wildman–Crippen LogP) is 8.15. The molecule has 6 rings (SSSR count). The van der Waals surface area contributed by atoms with Crippen LogP contribution in [0.4, 0.5) is 22.7 Å². The van der Waals surface area contributed by atoms with Gasteiger partial charge < -0.3 is 15.4 Å². The zero-order valence-electron chi connectivity index (χ0n) is 26.3. The smallest absolute Gasteiger partial charge is 0.416 e. The number of pyridine rings is 1. The number of ether oxygens (including phenoxy) is 1. The Balaban J connectivity index is 1.31. The molecule has 16 heteroatoms. The minimum Gasteiger partial charge on any atom is -0.455 e. The van der Waals surface area contributed by atoms with Gasteiger partial charge in [-0.25, -0.2) is 12.8 Å². The number of nitrogens with one attached hydrogen (secondary N) is 3. The number of hydrogen-bond acceptors (Lipinski definition) is 9. The van der Waals surface area contributed by atoms with Crippen LogP contribution in [0.1, 0.15) is 30.5 Å². The highest BCUT2D eigenvalue weighted by molar-refractivity contribution is 7.93. The van der Waals surface area contributed by atoms with Gasteiger partial charge in [-0.15, -0.1) is 10.2 Å². The maximum Gasteiger partial charge on any atom is 0.416 e. The van der Waals surface area contributed by atoms with Crippen LogP contribution >= 0.6 is 22.9 Å². The highest BCUT2D eigenvalue weighted by Crippen LogP contribution is 2.41. The van der Waals surface area contributed by atoms with Crippen LogP contribution in [0.3, 0.4) is 0 Å². The number of rotatable bonds is 12. The second-order valence-electron chi connectivity index (χ2n) is 11.6. The molecule has 0 amide bonds. The minimum absolute atomic E-state index is 0.0555. The van der Waals surface area contributed by atoms with Crippen LogP contribution in [-0.2, 0) is 22.7 Å². The van der Waals surface area contributed by atoms with Gasteiger partial charge in [0, 0.05) is 24.4 Å². The molecule has 3 aromatic carbocycles. The largest absolute Gasteiger partial charge is 0.455 e. The van der Waals surface area contributed by atoms with Crippen LogP contribution in [0.25, 0.3) is 22.3 Å². The van der Waals surface area contributed by atoms with E-state index < -0.39 is 32.5 Å². The van der Waals surface area contributed by atoms with E-state index in [9.17, 15) is 21.6 Å². The molecule has 1 fully saturated rings. The van der Waals surface area contributed by atoms with Crippen molar-refractivity contribution in [3.05, 3.63) is 101 Å². The average Bonchev–Trinajstić information content (AvgIpc) is 3.61. The summed E-state index contributed by atoms with van der Waals surface area (Å²) < 4.78 is 89.9. The van der Waals surface area contributed by atoms with Crippen LogP contribution in [0, 0.1) is 11.7 Å². The molecule has 5 aromatic rings. The van der Waals surface area contributed by atoms with Gasteiger partial charge in [0.15, 0.2) is 0 Å². The fraction of sp³-hybridized carbons (Fsp3) is 0.265. The molecule has 262 valence electrons. The van der Waals surface area contributed by atoms with E-state index in [0.717, 1.165) is 80.2 Å². The van der Waals surface area contributed by atoms with Crippen molar-refractivity contribution in [3.8, 4) is 33.8 Å². The molecule has 9 nitrogen and oxygen atoms in total. The molecule has 3 heterocycles. The molecule has 50 heavy (non-hydrogen) atoms. The third-order valence-corrected chi connectivity index (χ3v) is 10.6. The van der Waals surface area contributed by atoms with Crippen molar-refractivity contribution in [2.45, 2.75) is 36.9 Å². The number of nitrogens with zero attached hydrogens (tertiary/aromatic N) is 3. The van der Waals surface area contributed by atoms with Gasteiger partial charge in [-0.3, -0.25) is 9.71 Å². The molecule has 0 atom stereocenters. The number of anilines is 1. The van der Waals surface area contributed by atoms with Gasteiger partial charge in [0.05, 0.1) is 16.3 Å². The monoisotopic (exact) mass is 746 g/mol. The Hall–Kier alpha value is -4.15. The molecule has 1 saturated heterocycles. The van der Waals surface area contributed by atoms with E-state index in [1.165, 1.54) is 17.6 Å². The molecular formula is C34H31ClF4N6O3S2. The minimum atomic E-state index is -4.53. The Morgan fingerprint density at radius 1 is 0.980 bits per heavy atom. The van der Waals surface area contributed by atoms with Crippen LogP contribution < -0.4 is 20.1 Å². The van der Waals surface area contributed by atoms with Gasteiger partial charge in [-0.1, -0.05) is 41.1 Å². The summed E-state index contributed by atoms with van der Waals surface area (Å²) in [6.07, 6.45) is 0.434. The normalized spacial score (nSPS) is 14.1. The average molecular weight is 747 g/mol. The van der Waals surface area contributed by atoms with Gasteiger partial charge in [-0.2, -0.15) is 13.2 Å². The Labute approximate surface area is 295 Å². The molecule has 0 saturated carbocycles. The van der Waals surface area contributed by atoms with E-state index in [0.29, 0.717) is 34.7 Å². The Morgan fingerprint density at radius 2 is 1.78 bits per heavy atom. The lowest BCUT2D eigenvalue weighted by Gasteiger charge is -2.22. The molecule has 0 aliphatic carbocycles. The number of sulfonamides is 1. The number of hydrogen-bond donors (Lipinski definition) is 3. The van der Waals surface area contributed by atoms with Crippen LogP contribution in [-0.4, -0.2) is 43.2 Å². The van der Waals surface area contributed by atoms with Crippen molar-refractivity contribution in [2.75, 3.05) is 24.4 Å². The summed E-state index contributed by atoms with van der Waals surface area (Å²) in [5, 5.41) is 13.7. The maximum atomic E-state index is 15.3. The lowest BCUT2D eigenvalue weighted by molar-refractivity contribution is -0.137. The molecule has 0 spiro atoms. The Morgan fingerprint density at radius 3 is 2.54 bits per heavy atom. The third-order valence-electron chi connectivity index (χ3n) is 8.20. The van der Waals surface area contributed by atoms with E-state index in [1.807, 2.05) is 6.07 Å². The van der Waals surface area contributed by atoms with Gasteiger partial charge in [0.1, 0.15) is 27.7 Å². The van der Waals surface area contributed by atoms with Crippen molar-refractivity contribution in [2.24, 2.45) is 5.92 Å². The SMILES string of the molecule is O=S(=O)(Nc1nncs1)c1cc(Cl)c(Oc2ccc(-c3cccc(C(F)(F)F)c3)cc2-c2ccnc(CNCCC3CCNCC3)c2)cc1F. The van der Waals surface area contributed by atoms with E-state index in [4.69, 9.17) is 16.3 Å². The molecule has 0 unspecified atom stereocenters. The van der Waals surface area contributed by atoms with Gasteiger partial charge in [-0.05, 0) is 104 Å². The zero-order chi connectivity index (χ0) is 35.3. The van der Waals surface area contributed by atoms with Crippen molar-refractivity contribution >= 4 is 38.1 Å². The van der Waals surface area contributed by atoms with Crippen LogP contribution in [0.5, 0.6) is 11.5 Å². The first-order valence-electron chi connectivity index (χ1n) is 15.6. The van der Waals surface area contributed by atoms with Gasteiger partial charge in [0.2, 0.25) is 5.13 Å². The molecule has 0 bridgehead atoms. The van der Waals surface area contributed by atoms with E-state index in [2.05, 4.69) is 30.5 Å². The summed E-state index contributed by atoms with van der Waals surface area (Å²) in [5.41, 5.74) is 3.13. The topological polar surface area (TPSA) is 118 Å². The number of piperidine rings is 1. The molecule has 2 aromatic heterocycles. The lowest BCUT2D eigenvalue weighted by atomic mass is 9.95. The van der Waals surface area contributed by atoms with Gasteiger partial charge >= 0.3 is 6.18 Å². The highest BCUT2D eigenvalue weighted by Gasteiger charge is 2.30. The van der Waals surface area contributed by atoms with Gasteiger partial charge in [0.25, 0.3) is 10.0 Å². The fourth-order valence-corrected chi connectivity index (χ4v) is 7.68. The summed E-state index contributed by atoms with van der Waals surface area (Å²) in [6, 6.07) is 15.1. The molecule has 1 aliphatic rings. The molecule has 1 aliphatic heterocycles. The predicted molar refractivity (Wildman–Crippen MR) is 184 cm³/mol. The summed E-state index contributed by atoms with van der Waals surface area (Å²) in [5.74, 6) is -0.453. The number of benzene rings is 3. The summed E-state index contributed by atoms with van der Waals surface area (Å²) in [4.78, 5) is 3.76. The quantitative estimate of drug-likeness (QED) is 0.0865. The standard InChI is InChI=1S/C34H31ClF4N6O3S2/c35-28-17-32(50(46,47)45-33-44-43-20-49-33)29(36)18-31(28)48-30-5-4-23(22-2-1-3-25(14-22)34(37,38)39)16-27(30)24-9-13-42-26(15-24)19-41-12-8-21-6-10-40-11-7-21/h1-5,9,13-18,20-21,40-41H,6-8,10-12,19H2,(H,44,45). The van der Waals surface area contributed by atoms with Crippen molar-refractivity contribution in [1.29, 1.82) is 0 Å². The molecule has 0 radical (unpaired) electrons. The number of aromatic nitrogens is 3. The van der Waals surface area contributed by atoms with Crippen molar-refractivity contribution < 1.29 is 30.7 Å². The zero-order valence-corrected chi connectivity index (χ0v) is 28.7. The van der Waals surface area contributed by atoms with E-state index in [1.54, 1.807) is 30.5 Å².